The van der Waals surface area contributed by atoms with Gasteiger partial charge in [-0.1, -0.05) is 18.1 Å². The molecule has 0 radical (unpaired) electrons. The van der Waals surface area contributed by atoms with E-state index >= 15 is 0 Å². The van der Waals surface area contributed by atoms with E-state index in [9.17, 15) is 14.0 Å². The highest BCUT2D eigenvalue weighted by atomic mass is 19.1. The highest BCUT2D eigenvalue weighted by Gasteiger charge is 2.36. The second-order valence-corrected chi connectivity index (χ2v) is 8.21. The van der Waals surface area contributed by atoms with Crippen LogP contribution in [0, 0.1) is 5.92 Å². The average Bonchev–Trinajstić information content (AvgIpc) is 3.43. The zero-order valence-corrected chi connectivity index (χ0v) is 15.7. The third-order valence-electron chi connectivity index (χ3n) is 6.17. The molecule has 148 valence electrons. The largest absolute Gasteiger partial charge is 0.337 e. The van der Waals surface area contributed by atoms with Crippen molar-refractivity contribution in [3.63, 3.8) is 0 Å². The normalized spacial score (nSPS) is 26.3. The molecule has 0 bridgehead atoms. The summed E-state index contributed by atoms with van der Waals surface area (Å²) in [5, 5.41) is 8.05. The van der Waals surface area contributed by atoms with Crippen molar-refractivity contribution in [3.05, 3.63) is 11.9 Å². The lowest BCUT2D eigenvalue weighted by atomic mass is 10.0. The van der Waals surface area contributed by atoms with Gasteiger partial charge in [-0.25, -0.2) is 9.07 Å². The van der Waals surface area contributed by atoms with Gasteiger partial charge in [-0.3, -0.25) is 9.59 Å². The summed E-state index contributed by atoms with van der Waals surface area (Å²) in [7, 11) is 0. The van der Waals surface area contributed by atoms with Crippen LogP contribution >= 0.6 is 0 Å². The van der Waals surface area contributed by atoms with Gasteiger partial charge in [0.1, 0.15) is 6.17 Å². The van der Waals surface area contributed by atoms with E-state index in [1.165, 1.54) is 12.8 Å². The van der Waals surface area contributed by atoms with E-state index in [1.54, 1.807) is 20.7 Å². The number of nitrogens with zero attached hydrogens (tertiary/aromatic N) is 5. The zero-order chi connectivity index (χ0) is 18.8. The van der Waals surface area contributed by atoms with Crippen LogP contribution in [0.5, 0.6) is 0 Å². The first-order chi connectivity index (χ1) is 13.1. The third-order valence-corrected chi connectivity index (χ3v) is 6.17. The highest BCUT2D eigenvalue weighted by molar-refractivity contribution is 5.92. The number of carbonyl (C=O) groups is 2. The second kappa shape index (κ2) is 7.94. The molecule has 0 N–H and O–H groups in total. The van der Waals surface area contributed by atoms with Crippen molar-refractivity contribution in [1.82, 2.24) is 24.8 Å². The Morgan fingerprint density at radius 1 is 1.15 bits per heavy atom. The smallest absolute Gasteiger partial charge is 0.276 e. The van der Waals surface area contributed by atoms with Gasteiger partial charge in [-0.05, 0) is 31.6 Å². The first kappa shape index (κ1) is 18.4. The number of likely N-dealkylation sites (tertiary alicyclic amines) is 2. The Morgan fingerprint density at radius 2 is 1.89 bits per heavy atom. The van der Waals surface area contributed by atoms with Gasteiger partial charge in [0.15, 0.2) is 5.69 Å². The van der Waals surface area contributed by atoms with Crippen molar-refractivity contribution >= 4 is 11.8 Å². The van der Waals surface area contributed by atoms with Gasteiger partial charge in [0, 0.05) is 25.9 Å². The van der Waals surface area contributed by atoms with Gasteiger partial charge >= 0.3 is 0 Å². The molecule has 3 heterocycles. The SMILES string of the molecule is O=C(c1cn(C[C@@H]2C[C@H](F)CN2C(=O)CC2CCCC2)nn1)N1CCCC1. The van der Waals surface area contributed by atoms with Crippen LogP contribution in [0.3, 0.4) is 0 Å². The first-order valence-corrected chi connectivity index (χ1v) is 10.2. The second-order valence-electron chi connectivity index (χ2n) is 8.21. The van der Waals surface area contributed by atoms with Crippen LogP contribution in [0.25, 0.3) is 0 Å². The number of amides is 2. The number of hydrogen-bond donors (Lipinski definition) is 0. The minimum atomic E-state index is -0.989. The Hall–Kier alpha value is -1.99. The minimum Gasteiger partial charge on any atom is -0.337 e. The van der Waals surface area contributed by atoms with E-state index in [-0.39, 0.29) is 24.4 Å². The molecule has 8 heteroatoms. The van der Waals surface area contributed by atoms with Gasteiger partial charge in [-0.2, -0.15) is 0 Å². The number of alkyl halides is 1. The van der Waals surface area contributed by atoms with Crippen LogP contribution < -0.4 is 0 Å². The van der Waals surface area contributed by atoms with Crippen molar-refractivity contribution in [1.29, 1.82) is 0 Å². The van der Waals surface area contributed by atoms with E-state index in [0.29, 0.717) is 31.0 Å². The summed E-state index contributed by atoms with van der Waals surface area (Å²) in [6, 6.07) is -0.217. The number of halogens is 1. The molecule has 1 saturated carbocycles. The molecule has 2 saturated heterocycles. The van der Waals surface area contributed by atoms with E-state index in [1.807, 2.05) is 0 Å². The van der Waals surface area contributed by atoms with Crippen LogP contribution in [0.4, 0.5) is 4.39 Å². The predicted octanol–water partition coefficient (Wildman–Crippen LogP) is 2.03. The molecule has 1 aromatic rings. The summed E-state index contributed by atoms with van der Waals surface area (Å²) >= 11 is 0. The summed E-state index contributed by atoms with van der Waals surface area (Å²) < 4.78 is 15.6. The van der Waals surface area contributed by atoms with Crippen molar-refractivity contribution in [3.8, 4) is 0 Å². The summed E-state index contributed by atoms with van der Waals surface area (Å²) in [5.41, 5.74) is 0.329. The Bertz CT molecular complexity index is 681. The van der Waals surface area contributed by atoms with Crippen LogP contribution in [0.15, 0.2) is 6.20 Å². The lowest BCUT2D eigenvalue weighted by molar-refractivity contribution is -0.133. The van der Waals surface area contributed by atoms with Gasteiger partial charge < -0.3 is 9.80 Å². The maximum atomic E-state index is 14.0. The molecule has 0 spiro atoms. The quantitative estimate of drug-likeness (QED) is 0.787. The maximum Gasteiger partial charge on any atom is 0.276 e. The third kappa shape index (κ3) is 4.14. The maximum absolute atomic E-state index is 14.0. The lowest BCUT2D eigenvalue weighted by Gasteiger charge is -2.25. The number of aromatic nitrogens is 3. The van der Waals surface area contributed by atoms with Crippen molar-refractivity contribution < 1.29 is 14.0 Å². The topological polar surface area (TPSA) is 71.3 Å². The molecule has 4 rings (SSSR count). The summed E-state index contributed by atoms with van der Waals surface area (Å²) in [6.45, 7) is 2.09. The minimum absolute atomic E-state index is 0.0560. The number of hydrogen-bond acceptors (Lipinski definition) is 4. The molecule has 0 aromatic carbocycles. The monoisotopic (exact) mass is 377 g/mol. The van der Waals surface area contributed by atoms with Gasteiger partial charge in [0.25, 0.3) is 5.91 Å². The molecule has 2 aliphatic heterocycles. The Labute approximate surface area is 158 Å². The van der Waals surface area contributed by atoms with Gasteiger partial charge in [-0.15, -0.1) is 5.10 Å². The summed E-state index contributed by atoms with van der Waals surface area (Å²) in [5.74, 6) is 0.413. The van der Waals surface area contributed by atoms with E-state index in [4.69, 9.17) is 0 Å². The molecule has 2 atom stereocenters. The Morgan fingerprint density at radius 3 is 2.63 bits per heavy atom. The van der Waals surface area contributed by atoms with Crippen LogP contribution in [0.1, 0.15) is 61.9 Å². The highest BCUT2D eigenvalue weighted by Crippen LogP contribution is 2.30. The molecule has 1 aliphatic carbocycles. The van der Waals surface area contributed by atoms with Crippen molar-refractivity contribution in [2.24, 2.45) is 5.92 Å². The fourth-order valence-corrected chi connectivity index (χ4v) is 4.70. The molecule has 2 amide bonds. The fourth-order valence-electron chi connectivity index (χ4n) is 4.70. The zero-order valence-electron chi connectivity index (χ0n) is 15.7. The van der Waals surface area contributed by atoms with Gasteiger partial charge in [0.05, 0.1) is 25.3 Å². The summed E-state index contributed by atoms with van der Waals surface area (Å²) in [6.07, 6.45) is 8.14. The average molecular weight is 377 g/mol. The van der Waals surface area contributed by atoms with Crippen molar-refractivity contribution in [2.75, 3.05) is 19.6 Å². The molecule has 27 heavy (non-hydrogen) atoms. The molecule has 3 fully saturated rings. The van der Waals surface area contributed by atoms with Crippen LogP contribution in [-0.4, -0.2) is 68.5 Å². The number of carbonyl (C=O) groups excluding carboxylic acids is 2. The van der Waals surface area contributed by atoms with Gasteiger partial charge in [0.2, 0.25) is 5.91 Å². The standard InChI is InChI=1S/C19H28FN5O2/c20-15-10-16(25(11-15)18(26)9-14-5-1-2-6-14)12-24-13-17(21-22-24)19(27)23-7-3-4-8-23/h13-16H,1-12H2/t15-,16-/m0/s1. The molecular formula is C19H28FN5O2. The van der Waals surface area contributed by atoms with Crippen LogP contribution in [-0.2, 0) is 11.3 Å². The Balaban J connectivity index is 1.38. The molecular weight excluding hydrogens is 349 g/mol. The molecule has 7 nitrogen and oxygen atoms in total. The Kier molecular flexibility index (Phi) is 5.41. The fraction of sp³-hybridized carbons (Fsp3) is 0.789. The lowest BCUT2D eigenvalue weighted by Crippen LogP contribution is -2.39. The molecule has 3 aliphatic rings. The van der Waals surface area contributed by atoms with Crippen molar-refractivity contribution in [2.45, 2.75) is 70.1 Å². The van der Waals surface area contributed by atoms with E-state index in [2.05, 4.69) is 10.3 Å². The van der Waals surface area contributed by atoms with Crippen LogP contribution in [0.2, 0.25) is 0 Å². The molecule has 1 aromatic heterocycles. The number of rotatable bonds is 5. The molecule has 0 unspecified atom stereocenters. The summed E-state index contributed by atoms with van der Waals surface area (Å²) in [4.78, 5) is 28.6. The first-order valence-electron chi connectivity index (χ1n) is 10.2. The predicted molar refractivity (Wildman–Crippen MR) is 96.7 cm³/mol. The van der Waals surface area contributed by atoms with E-state index < -0.39 is 6.17 Å². The van der Waals surface area contributed by atoms with E-state index in [0.717, 1.165) is 38.8 Å².